The van der Waals surface area contributed by atoms with E-state index in [0.29, 0.717) is 58.2 Å². The summed E-state index contributed by atoms with van der Waals surface area (Å²) in [5.74, 6) is 0. The van der Waals surface area contributed by atoms with Gasteiger partial charge in [-0.15, -0.1) is 11.3 Å². The first-order chi connectivity index (χ1) is 17.1. The van der Waals surface area contributed by atoms with Gasteiger partial charge in [-0.05, 0) is 18.2 Å². The molecule has 4 heterocycles. The fraction of sp³-hybridized carbons (Fsp3) is 0.240. The van der Waals surface area contributed by atoms with Crippen molar-refractivity contribution in [3.63, 3.8) is 0 Å². The summed E-state index contributed by atoms with van der Waals surface area (Å²) in [6.45, 7) is 2.72. The van der Waals surface area contributed by atoms with Crippen molar-refractivity contribution in [3.8, 4) is 28.3 Å². The topological polar surface area (TPSA) is 117 Å². The number of benzene rings is 1. The van der Waals surface area contributed by atoms with Crippen LogP contribution in [0.25, 0.3) is 26.3 Å². The number of nitrogens with zero attached hydrogens (tertiary/aromatic N) is 6. The maximum atomic E-state index is 13.6. The molecule has 1 aromatic carbocycles. The Hall–Kier alpha value is -4.25. The van der Waals surface area contributed by atoms with E-state index < -0.39 is 11.2 Å². The Morgan fingerprint density at radius 3 is 2.60 bits per heavy atom. The summed E-state index contributed by atoms with van der Waals surface area (Å²) in [6.07, 6.45) is 3.31. The zero-order valence-corrected chi connectivity index (χ0v) is 19.5. The van der Waals surface area contributed by atoms with Crippen molar-refractivity contribution in [3.05, 3.63) is 75.2 Å². The minimum atomic E-state index is -0.531. The predicted molar refractivity (Wildman–Crippen MR) is 133 cm³/mol. The Kier molecular flexibility index (Phi) is 6.15. The van der Waals surface area contributed by atoms with Crippen LogP contribution in [0.3, 0.4) is 0 Å². The molecule has 0 N–H and O–H groups in total. The molecule has 35 heavy (non-hydrogen) atoms. The summed E-state index contributed by atoms with van der Waals surface area (Å²) in [6, 6.07) is 14.9. The molecular weight excluding hydrogens is 464 g/mol. The molecule has 0 spiro atoms. The number of aromatic nitrogens is 3. The monoisotopic (exact) mass is 484 g/mol. The summed E-state index contributed by atoms with van der Waals surface area (Å²) < 4.78 is 8.37. The molecule has 5 rings (SSSR count). The molecule has 0 saturated carbocycles. The smallest absolute Gasteiger partial charge is 0.336 e. The maximum absolute atomic E-state index is 13.6. The van der Waals surface area contributed by atoms with Gasteiger partial charge in [0, 0.05) is 30.1 Å². The minimum Gasteiger partial charge on any atom is -0.378 e. The second kappa shape index (κ2) is 9.55. The van der Waals surface area contributed by atoms with Crippen molar-refractivity contribution in [2.24, 2.45) is 0 Å². The molecule has 174 valence electrons. The molecule has 3 aromatic heterocycles. The first kappa shape index (κ1) is 22.5. The van der Waals surface area contributed by atoms with Crippen molar-refractivity contribution in [1.82, 2.24) is 14.1 Å². The number of pyridine rings is 1. The predicted octanol–water partition coefficient (Wildman–Crippen LogP) is 2.90. The van der Waals surface area contributed by atoms with E-state index in [2.05, 4.69) is 22.0 Å². The van der Waals surface area contributed by atoms with E-state index in [-0.39, 0.29) is 13.0 Å². The van der Waals surface area contributed by atoms with Gasteiger partial charge in [0.05, 0.1) is 66.6 Å². The summed E-state index contributed by atoms with van der Waals surface area (Å²) >= 11 is 1.23. The van der Waals surface area contributed by atoms with Gasteiger partial charge in [-0.25, -0.2) is 9.36 Å². The van der Waals surface area contributed by atoms with Crippen LogP contribution in [0, 0.1) is 22.7 Å². The van der Waals surface area contributed by atoms with Gasteiger partial charge < -0.3 is 9.64 Å². The molecule has 0 amide bonds. The lowest BCUT2D eigenvalue weighted by Gasteiger charge is -2.28. The van der Waals surface area contributed by atoms with Crippen LogP contribution in [0.5, 0.6) is 0 Å². The van der Waals surface area contributed by atoms with Gasteiger partial charge in [0.1, 0.15) is 4.70 Å². The van der Waals surface area contributed by atoms with E-state index in [1.807, 2.05) is 12.1 Å². The lowest BCUT2D eigenvalue weighted by Crippen LogP contribution is -2.39. The first-order valence-corrected chi connectivity index (χ1v) is 11.9. The van der Waals surface area contributed by atoms with E-state index in [1.54, 1.807) is 30.5 Å². The number of ether oxygens (including phenoxy) is 1. The number of hydrogen-bond acceptors (Lipinski definition) is 8. The van der Waals surface area contributed by atoms with Crippen molar-refractivity contribution in [2.75, 3.05) is 31.2 Å². The fourth-order valence-electron chi connectivity index (χ4n) is 4.21. The normalized spacial score (nSPS) is 13.5. The van der Waals surface area contributed by atoms with E-state index in [0.717, 1.165) is 10.3 Å². The largest absolute Gasteiger partial charge is 0.378 e. The van der Waals surface area contributed by atoms with Crippen molar-refractivity contribution in [1.29, 1.82) is 10.5 Å². The Morgan fingerprint density at radius 2 is 1.83 bits per heavy atom. The van der Waals surface area contributed by atoms with Crippen LogP contribution in [0.15, 0.2) is 58.4 Å². The lowest BCUT2D eigenvalue weighted by molar-refractivity contribution is 0.122. The Bertz CT molecular complexity index is 1620. The van der Waals surface area contributed by atoms with Crippen LogP contribution in [0.1, 0.15) is 12.0 Å². The molecule has 0 aliphatic carbocycles. The maximum Gasteiger partial charge on any atom is 0.336 e. The zero-order chi connectivity index (χ0) is 24.4. The van der Waals surface area contributed by atoms with Gasteiger partial charge in [-0.3, -0.25) is 14.3 Å². The van der Waals surface area contributed by atoms with E-state index in [4.69, 9.17) is 4.74 Å². The van der Waals surface area contributed by atoms with Crippen molar-refractivity contribution < 1.29 is 4.74 Å². The lowest BCUT2D eigenvalue weighted by atomic mass is 10.1. The van der Waals surface area contributed by atoms with Gasteiger partial charge in [-0.1, -0.05) is 18.2 Å². The number of fused-ring (bicyclic) bond motifs is 1. The average molecular weight is 485 g/mol. The highest BCUT2D eigenvalue weighted by Gasteiger charge is 2.20. The SMILES string of the molecule is N#CCCn1c(=O)n(-c2cncc(N3CCOCC3)c2)c(=O)c2sc(-c3ccccc3C#N)cc21. The molecular formula is C25H20N6O3S. The number of anilines is 1. The summed E-state index contributed by atoms with van der Waals surface area (Å²) in [5, 5.41) is 18.7. The third-order valence-corrected chi connectivity index (χ3v) is 7.07. The summed E-state index contributed by atoms with van der Waals surface area (Å²) in [4.78, 5) is 34.3. The van der Waals surface area contributed by atoms with E-state index >= 15 is 0 Å². The van der Waals surface area contributed by atoms with Crippen LogP contribution >= 0.6 is 11.3 Å². The van der Waals surface area contributed by atoms with Crippen LogP contribution in [0.4, 0.5) is 5.69 Å². The van der Waals surface area contributed by atoms with Gasteiger partial charge in [0.15, 0.2) is 0 Å². The highest BCUT2D eigenvalue weighted by molar-refractivity contribution is 7.22. The van der Waals surface area contributed by atoms with Gasteiger partial charge in [-0.2, -0.15) is 10.5 Å². The number of thiophene rings is 1. The molecule has 1 aliphatic rings. The molecule has 0 unspecified atom stereocenters. The van der Waals surface area contributed by atoms with E-state index in [9.17, 15) is 20.1 Å². The Morgan fingerprint density at radius 1 is 1.06 bits per heavy atom. The second-order valence-corrected chi connectivity index (χ2v) is 9.02. The first-order valence-electron chi connectivity index (χ1n) is 11.1. The third kappa shape index (κ3) is 4.10. The number of morpholine rings is 1. The molecule has 1 aliphatic heterocycles. The molecule has 10 heteroatoms. The quantitative estimate of drug-likeness (QED) is 0.427. The number of hydrogen-bond donors (Lipinski definition) is 0. The standard InChI is InChI=1S/C25H20N6O3S/c26-6-3-7-30-21-13-22(20-5-2-1-4-17(20)14-27)35-23(21)24(32)31(25(30)33)19-12-18(15-28-16-19)29-8-10-34-11-9-29/h1-2,4-5,12-13,15-16H,3,7-11H2. The number of rotatable bonds is 5. The number of aryl methyl sites for hydroxylation is 1. The molecule has 1 fully saturated rings. The van der Waals surface area contributed by atoms with Crippen molar-refractivity contribution >= 4 is 27.2 Å². The fourth-order valence-corrected chi connectivity index (χ4v) is 5.34. The molecule has 1 saturated heterocycles. The average Bonchev–Trinajstić information content (AvgIpc) is 3.35. The highest BCUT2D eigenvalue weighted by atomic mass is 32.1. The van der Waals surface area contributed by atoms with Crippen LogP contribution in [0.2, 0.25) is 0 Å². The molecule has 4 aromatic rings. The number of nitriles is 2. The second-order valence-electron chi connectivity index (χ2n) is 7.97. The minimum absolute atomic E-state index is 0.110. The van der Waals surface area contributed by atoms with Crippen LogP contribution in [-0.2, 0) is 11.3 Å². The molecule has 0 bridgehead atoms. The molecule has 0 radical (unpaired) electrons. The van der Waals surface area contributed by atoms with Gasteiger partial charge in [0.25, 0.3) is 5.56 Å². The van der Waals surface area contributed by atoms with Crippen LogP contribution < -0.4 is 16.1 Å². The highest BCUT2D eigenvalue weighted by Crippen LogP contribution is 2.33. The Balaban J connectivity index is 1.72. The zero-order valence-electron chi connectivity index (χ0n) is 18.7. The van der Waals surface area contributed by atoms with Crippen LogP contribution in [-0.4, -0.2) is 40.4 Å². The van der Waals surface area contributed by atoms with E-state index in [1.165, 1.54) is 22.1 Å². The van der Waals surface area contributed by atoms with Gasteiger partial charge in [0.2, 0.25) is 0 Å². The van der Waals surface area contributed by atoms with Crippen molar-refractivity contribution in [2.45, 2.75) is 13.0 Å². The third-order valence-electron chi connectivity index (χ3n) is 5.93. The Labute approximate surface area is 204 Å². The molecule has 0 atom stereocenters. The summed E-state index contributed by atoms with van der Waals surface area (Å²) in [5.41, 5.74) is 1.81. The summed E-state index contributed by atoms with van der Waals surface area (Å²) in [7, 11) is 0. The molecule has 9 nitrogen and oxygen atoms in total. The van der Waals surface area contributed by atoms with Gasteiger partial charge >= 0.3 is 5.69 Å².